The molecular formula is C24H22N6. The van der Waals surface area contributed by atoms with E-state index in [1.807, 2.05) is 53.6 Å². The molecule has 0 spiro atoms. The number of nitrogens with one attached hydrogen (secondary N) is 2. The molecule has 2 N–H and O–H groups in total. The smallest absolute Gasteiger partial charge is 0.131 e. The van der Waals surface area contributed by atoms with Gasteiger partial charge in [-0.3, -0.25) is 9.97 Å². The molecule has 6 heteroatoms. The van der Waals surface area contributed by atoms with Crippen LogP contribution in [0.1, 0.15) is 22.4 Å². The van der Waals surface area contributed by atoms with E-state index >= 15 is 0 Å². The van der Waals surface area contributed by atoms with E-state index in [-0.39, 0.29) is 0 Å². The standard InChI is InChI=1S/C24H22N6/c1-2-5-21-18-29-30-23(21)9-8-22(27-13-10-19-6-3-11-25-15-19)14-24(30)28-17-20-7-4-12-26-16-20/h1,3-4,6-7,9,11-12,14-16,18,27-28H,5,10,13,17H2. The first-order chi connectivity index (χ1) is 14.8. The first-order valence-electron chi connectivity index (χ1n) is 9.78. The fourth-order valence-electron chi connectivity index (χ4n) is 3.18. The second-order valence-corrected chi connectivity index (χ2v) is 6.83. The highest BCUT2D eigenvalue weighted by molar-refractivity contribution is 5.62. The summed E-state index contributed by atoms with van der Waals surface area (Å²) in [6, 6.07) is 7.98. The van der Waals surface area contributed by atoms with Crippen LogP contribution in [0.5, 0.6) is 0 Å². The van der Waals surface area contributed by atoms with Crippen LogP contribution in [0.2, 0.25) is 0 Å². The Morgan fingerprint density at radius 3 is 2.57 bits per heavy atom. The minimum atomic E-state index is 0.521. The predicted octanol–water partition coefficient (Wildman–Crippen LogP) is 2.78. The van der Waals surface area contributed by atoms with Gasteiger partial charge in [-0.05, 0) is 29.7 Å². The van der Waals surface area contributed by atoms with E-state index in [1.165, 1.54) is 5.56 Å². The first kappa shape index (κ1) is 19.3. The van der Waals surface area contributed by atoms with Gasteiger partial charge in [0.2, 0.25) is 0 Å². The molecule has 148 valence electrons. The molecule has 3 aromatic rings. The lowest BCUT2D eigenvalue weighted by Gasteiger charge is -2.13. The van der Waals surface area contributed by atoms with E-state index in [2.05, 4.69) is 43.4 Å². The maximum Gasteiger partial charge on any atom is 0.131 e. The molecule has 0 bridgehead atoms. The second-order valence-electron chi connectivity index (χ2n) is 6.83. The summed E-state index contributed by atoms with van der Waals surface area (Å²) < 4.78 is 1.87. The van der Waals surface area contributed by atoms with Crippen LogP contribution in [0, 0.1) is 12.3 Å². The highest BCUT2D eigenvalue weighted by atomic mass is 15.3. The number of terminal acetylenes is 1. The van der Waals surface area contributed by atoms with Gasteiger partial charge in [-0.1, -0.05) is 17.9 Å². The molecule has 0 aliphatic carbocycles. The normalized spacial score (nSPS) is 12.2. The van der Waals surface area contributed by atoms with Gasteiger partial charge < -0.3 is 10.6 Å². The van der Waals surface area contributed by atoms with Crippen molar-refractivity contribution in [3.05, 3.63) is 95.1 Å². The van der Waals surface area contributed by atoms with Crippen molar-refractivity contribution in [1.29, 1.82) is 0 Å². The van der Waals surface area contributed by atoms with Gasteiger partial charge in [0, 0.05) is 62.0 Å². The van der Waals surface area contributed by atoms with Crippen LogP contribution in [0.15, 0.2) is 72.8 Å². The van der Waals surface area contributed by atoms with E-state index < -0.39 is 0 Å². The van der Waals surface area contributed by atoms with Crippen molar-refractivity contribution in [1.82, 2.24) is 30.4 Å². The van der Waals surface area contributed by atoms with E-state index in [1.54, 1.807) is 12.4 Å². The van der Waals surface area contributed by atoms with E-state index in [9.17, 15) is 0 Å². The number of rotatable bonds is 8. The zero-order chi connectivity index (χ0) is 20.6. The lowest BCUT2D eigenvalue weighted by atomic mass is 10.2. The van der Waals surface area contributed by atoms with Gasteiger partial charge in [-0.2, -0.15) is 5.10 Å². The third kappa shape index (κ3) is 4.67. The molecular weight excluding hydrogens is 372 g/mol. The molecule has 0 saturated carbocycles. The Kier molecular flexibility index (Phi) is 6.05. The molecule has 0 saturated heterocycles. The third-order valence-corrected chi connectivity index (χ3v) is 4.70. The molecule has 4 heterocycles. The Hall–Kier alpha value is -4.07. The Labute approximate surface area is 176 Å². The molecule has 0 aromatic carbocycles. The van der Waals surface area contributed by atoms with Crippen molar-refractivity contribution in [2.45, 2.75) is 19.4 Å². The van der Waals surface area contributed by atoms with Crippen molar-refractivity contribution in [2.75, 3.05) is 6.54 Å². The largest absolute Gasteiger partial charge is 0.378 e. The van der Waals surface area contributed by atoms with Crippen LogP contribution in [-0.2, 0) is 19.4 Å². The van der Waals surface area contributed by atoms with Gasteiger partial charge in [0.25, 0.3) is 0 Å². The Bertz CT molecular complexity index is 1130. The van der Waals surface area contributed by atoms with Crippen LogP contribution in [-0.4, -0.2) is 26.3 Å². The minimum Gasteiger partial charge on any atom is -0.378 e. The van der Waals surface area contributed by atoms with Crippen molar-refractivity contribution < 1.29 is 0 Å². The summed E-state index contributed by atoms with van der Waals surface area (Å²) in [6.07, 6.45) is 20.0. The van der Waals surface area contributed by atoms with Crippen LogP contribution >= 0.6 is 0 Å². The topological polar surface area (TPSA) is 67.7 Å². The molecule has 4 rings (SSSR count). The van der Waals surface area contributed by atoms with E-state index in [4.69, 9.17) is 6.42 Å². The summed E-state index contributed by atoms with van der Waals surface area (Å²) in [5, 5.41) is 11.5. The molecule has 0 atom stereocenters. The van der Waals surface area contributed by atoms with Gasteiger partial charge >= 0.3 is 0 Å². The maximum atomic E-state index is 5.53. The summed E-state index contributed by atoms with van der Waals surface area (Å²) in [5.74, 6) is 3.55. The zero-order valence-electron chi connectivity index (χ0n) is 16.5. The van der Waals surface area contributed by atoms with Crippen molar-refractivity contribution in [3.63, 3.8) is 0 Å². The molecule has 3 aromatic heterocycles. The lowest BCUT2D eigenvalue weighted by molar-refractivity contribution is 0.758. The van der Waals surface area contributed by atoms with Gasteiger partial charge in [-0.25, -0.2) is 4.68 Å². The Balaban J connectivity index is 1.55. The molecule has 0 unspecified atom stereocenters. The van der Waals surface area contributed by atoms with Crippen molar-refractivity contribution in [2.24, 2.45) is 0 Å². The van der Waals surface area contributed by atoms with E-state index in [0.717, 1.165) is 41.3 Å². The summed E-state index contributed by atoms with van der Waals surface area (Å²) in [4.78, 5) is 8.35. The third-order valence-electron chi connectivity index (χ3n) is 4.70. The molecule has 1 aliphatic heterocycles. The Morgan fingerprint density at radius 2 is 1.83 bits per heavy atom. The minimum absolute atomic E-state index is 0.521. The lowest BCUT2D eigenvalue weighted by Crippen LogP contribution is -2.21. The number of pyridine rings is 2. The van der Waals surface area contributed by atoms with Gasteiger partial charge in [0.15, 0.2) is 0 Å². The number of nitrogens with zero attached hydrogens (tertiary/aromatic N) is 4. The highest BCUT2D eigenvalue weighted by Gasteiger charge is 2.14. The van der Waals surface area contributed by atoms with E-state index in [0.29, 0.717) is 13.0 Å². The average Bonchev–Trinajstić information content (AvgIpc) is 3.09. The van der Waals surface area contributed by atoms with Crippen LogP contribution in [0.3, 0.4) is 0 Å². The summed E-state index contributed by atoms with van der Waals surface area (Å²) in [5.41, 5.74) is 8.42. The van der Waals surface area contributed by atoms with Crippen molar-refractivity contribution >= 4 is 11.9 Å². The fourth-order valence-corrected chi connectivity index (χ4v) is 3.18. The van der Waals surface area contributed by atoms with Gasteiger partial charge in [0.1, 0.15) is 5.82 Å². The molecule has 0 amide bonds. The number of aromatic nitrogens is 4. The monoisotopic (exact) mass is 394 g/mol. The van der Waals surface area contributed by atoms with Crippen LogP contribution in [0.4, 0.5) is 0 Å². The predicted molar refractivity (Wildman–Crippen MR) is 118 cm³/mol. The molecule has 0 radical (unpaired) electrons. The maximum absolute atomic E-state index is 5.53. The number of hydrogen-bond acceptors (Lipinski definition) is 5. The number of allylic oxidation sites excluding steroid dienone is 1. The highest BCUT2D eigenvalue weighted by Crippen LogP contribution is 2.19. The molecule has 6 nitrogen and oxygen atoms in total. The molecule has 0 fully saturated rings. The molecule has 1 aliphatic rings. The Morgan fingerprint density at radius 1 is 1.03 bits per heavy atom. The zero-order valence-corrected chi connectivity index (χ0v) is 16.5. The number of hydrogen-bond donors (Lipinski definition) is 2. The summed E-state index contributed by atoms with van der Waals surface area (Å²) in [7, 11) is 0. The quantitative estimate of drug-likeness (QED) is 0.454. The first-order valence-corrected chi connectivity index (χ1v) is 9.78. The SMILES string of the molecule is C#CCc1cnn2c1C=C=C(NCCc1cccnc1)C=C2NCc1cccnc1. The van der Waals surface area contributed by atoms with Gasteiger partial charge in [-0.15, -0.1) is 12.3 Å². The molecule has 30 heavy (non-hydrogen) atoms. The van der Waals surface area contributed by atoms with Crippen LogP contribution in [0.25, 0.3) is 11.9 Å². The van der Waals surface area contributed by atoms with Gasteiger partial charge in [0.05, 0.1) is 17.6 Å². The van der Waals surface area contributed by atoms with Crippen molar-refractivity contribution in [3.8, 4) is 12.3 Å². The fraction of sp³-hybridized carbons (Fsp3) is 0.167. The summed E-state index contributed by atoms with van der Waals surface area (Å²) >= 11 is 0. The average molecular weight is 394 g/mol. The van der Waals surface area contributed by atoms with Crippen LogP contribution < -0.4 is 10.6 Å². The summed E-state index contributed by atoms with van der Waals surface area (Å²) in [6.45, 7) is 1.40. The number of fused-ring (bicyclic) bond motifs is 1. The second kappa shape index (κ2) is 9.42.